The molecule has 1 saturated heterocycles. The molecule has 1 aliphatic heterocycles. The Morgan fingerprint density at radius 3 is 2.64 bits per heavy atom. The van der Waals surface area contributed by atoms with Gasteiger partial charge in [0.1, 0.15) is 17.8 Å². The number of rotatable bonds is 4. The van der Waals surface area contributed by atoms with Crippen molar-refractivity contribution in [1.29, 1.82) is 0 Å². The molecule has 0 saturated carbocycles. The number of aliphatic hydroxyl groups is 3. The molecule has 2 heterocycles. The number of aliphatic hydroxyl groups excluding tert-OH is 2. The number of ether oxygens (including phenoxy) is 2. The molecule has 8 heteroatoms. The second kappa shape index (κ2) is 7.68. The van der Waals surface area contributed by atoms with Crippen LogP contribution in [0.4, 0.5) is 0 Å². The van der Waals surface area contributed by atoms with Gasteiger partial charge in [0.15, 0.2) is 6.23 Å². The maximum atomic E-state index is 11.3. The molecule has 1 aromatic heterocycles. The van der Waals surface area contributed by atoms with E-state index in [0.29, 0.717) is 0 Å². The Morgan fingerprint density at radius 1 is 1.50 bits per heavy atom. The minimum Gasteiger partial charge on any atom is -0.465 e. The van der Waals surface area contributed by atoms with Gasteiger partial charge in [0.25, 0.3) is 5.56 Å². The zero-order chi connectivity index (χ0) is 16.9. The smallest absolute Gasteiger partial charge is 0.301 e. The monoisotopic (exact) mass is 316 g/mol. The number of nitrogens with zero attached hydrogens (tertiary/aromatic N) is 2. The summed E-state index contributed by atoms with van der Waals surface area (Å²) in [6.45, 7) is 6.94. The largest absolute Gasteiger partial charge is 0.465 e. The third-order valence-corrected chi connectivity index (χ3v) is 3.27. The first-order valence-corrected chi connectivity index (χ1v) is 7.30. The number of hydrogen-bond acceptors (Lipinski definition) is 7. The van der Waals surface area contributed by atoms with Crippen molar-refractivity contribution in [3.05, 3.63) is 22.6 Å². The van der Waals surface area contributed by atoms with Crippen molar-refractivity contribution in [3.8, 4) is 6.01 Å². The fraction of sp³-hybridized carbons (Fsp3) is 0.714. The predicted molar refractivity (Wildman–Crippen MR) is 78.6 cm³/mol. The van der Waals surface area contributed by atoms with Gasteiger partial charge in [-0.05, 0) is 13.8 Å². The average Bonchev–Trinajstić information content (AvgIpc) is 2.73. The minimum atomic E-state index is -1.66. The highest BCUT2D eigenvalue weighted by Crippen LogP contribution is 2.39. The lowest BCUT2D eigenvalue weighted by molar-refractivity contribution is -0.100. The van der Waals surface area contributed by atoms with E-state index >= 15 is 0 Å². The zero-order valence-electron chi connectivity index (χ0n) is 13.3. The van der Waals surface area contributed by atoms with Gasteiger partial charge in [0.05, 0.1) is 13.2 Å². The van der Waals surface area contributed by atoms with Crippen LogP contribution in [0.15, 0.2) is 17.1 Å². The van der Waals surface area contributed by atoms with Crippen LogP contribution in [0.5, 0.6) is 6.01 Å². The first kappa shape index (κ1) is 18.6. The predicted octanol–water partition coefficient (Wildman–Crippen LogP) is -0.330. The quantitative estimate of drug-likeness (QED) is 0.697. The van der Waals surface area contributed by atoms with E-state index in [2.05, 4.69) is 4.98 Å². The molecular weight excluding hydrogens is 292 g/mol. The fourth-order valence-corrected chi connectivity index (χ4v) is 2.20. The standard InChI is InChI=1S/C12H18N2O6.C2H6/c1-3-19-11-13-8(16)4-5-14(11)10-12(2,18)9(17)7(6-15)20-10;1-2/h4-5,7,9-10,15,17-18H,3,6H2,1-2H3;1-2H3/t7?,9-,10?,12?;/m0./s1. The summed E-state index contributed by atoms with van der Waals surface area (Å²) in [6, 6.07) is 1.18. The molecule has 4 atom stereocenters. The van der Waals surface area contributed by atoms with E-state index in [1.54, 1.807) is 6.92 Å². The van der Waals surface area contributed by atoms with Crippen LogP contribution in [0.1, 0.15) is 33.9 Å². The van der Waals surface area contributed by atoms with Gasteiger partial charge in [-0.3, -0.25) is 9.36 Å². The Labute approximate surface area is 129 Å². The summed E-state index contributed by atoms with van der Waals surface area (Å²) in [7, 11) is 0. The first-order chi connectivity index (χ1) is 10.4. The molecule has 22 heavy (non-hydrogen) atoms. The molecule has 0 spiro atoms. The van der Waals surface area contributed by atoms with E-state index in [0.717, 1.165) is 0 Å². The van der Waals surface area contributed by atoms with E-state index in [1.807, 2.05) is 13.8 Å². The molecule has 126 valence electrons. The van der Waals surface area contributed by atoms with Crippen LogP contribution in [0.25, 0.3) is 0 Å². The van der Waals surface area contributed by atoms with Gasteiger partial charge in [0, 0.05) is 12.3 Å². The van der Waals surface area contributed by atoms with Crippen molar-refractivity contribution in [1.82, 2.24) is 9.55 Å². The van der Waals surface area contributed by atoms with Gasteiger partial charge in [0.2, 0.25) is 0 Å². The van der Waals surface area contributed by atoms with Crippen LogP contribution in [0.3, 0.4) is 0 Å². The van der Waals surface area contributed by atoms with Crippen molar-refractivity contribution in [3.63, 3.8) is 0 Å². The molecule has 0 aromatic carbocycles. The van der Waals surface area contributed by atoms with Crippen molar-refractivity contribution >= 4 is 0 Å². The number of aromatic nitrogens is 2. The van der Waals surface area contributed by atoms with Crippen molar-refractivity contribution < 1.29 is 24.8 Å². The molecule has 1 aliphatic rings. The van der Waals surface area contributed by atoms with Gasteiger partial charge in [-0.15, -0.1) is 0 Å². The lowest BCUT2D eigenvalue weighted by Gasteiger charge is -2.28. The van der Waals surface area contributed by atoms with E-state index in [9.17, 15) is 15.0 Å². The Balaban J connectivity index is 0.00000116. The Bertz CT molecular complexity index is 530. The summed E-state index contributed by atoms with van der Waals surface area (Å²) in [5, 5.41) is 29.5. The van der Waals surface area contributed by atoms with Gasteiger partial charge < -0.3 is 24.8 Å². The van der Waals surface area contributed by atoms with Crippen LogP contribution in [0.2, 0.25) is 0 Å². The van der Waals surface area contributed by atoms with E-state index < -0.39 is 36.2 Å². The third-order valence-electron chi connectivity index (χ3n) is 3.27. The summed E-state index contributed by atoms with van der Waals surface area (Å²) in [5.41, 5.74) is -2.14. The zero-order valence-corrected chi connectivity index (χ0v) is 13.3. The third kappa shape index (κ3) is 3.46. The minimum absolute atomic E-state index is 0.0175. The van der Waals surface area contributed by atoms with Crippen molar-refractivity contribution in [2.75, 3.05) is 13.2 Å². The lowest BCUT2D eigenvalue weighted by Crippen LogP contribution is -2.44. The van der Waals surface area contributed by atoms with Gasteiger partial charge in [-0.25, -0.2) is 0 Å². The Kier molecular flexibility index (Phi) is 6.48. The molecule has 0 bridgehead atoms. The highest BCUT2D eigenvalue weighted by molar-refractivity contribution is 5.07. The molecule has 1 aromatic rings. The normalized spacial score (nSPS) is 30.6. The Morgan fingerprint density at radius 2 is 2.14 bits per heavy atom. The van der Waals surface area contributed by atoms with Crippen LogP contribution < -0.4 is 10.3 Å². The molecule has 3 unspecified atom stereocenters. The molecule has 3 N–H and O–H groups in total. The van der Waals surface area contributed by atoms with Crippen molar-refractivity contribution in [2.45, 2.75) is 51.7 Å². The molecule has 8 nitrogen and oxygen atoms in total. The van der Waals surface area contributed by atoms with Gasteiger partial charge in [-0.2, -0.15) is 4.98 Å². The van der Waals surface area contributed by atoms with E-state index in [4.69, 9.17) is 14.6 Å². The summed E-state index contributed by atoms with van der Waals surface area (Å²) in [4.78, 5) is 15.0. The maximum Gasteiger partial charge on any atom is 0.301 e. The second-order valence-electron chi connectivity index (χ2n) is 4.77. The second-order valence-corrected chi connectivity index (χ2v) is 4.77. The number of hydrogen-bond donors (Lipinski definition) is 3. The summed E-state index contributed by atoms with van der Waals surface area (Å²) >= 11 is 0. The molecule has 2 rings (SSSR count). The van der Waals surface area contributed by atoms with E-state index in [-0.39, 0.29) is 12.6 Å². The average molecular weight is 316 g/mol. The van der Waals surface area contributed by atoms with E-state index in [1.165, 1.54) is 23.8 Å². The summed E-state index contributed by atoms with van der Waals surface area (Å²) < 4.78 is 12.0. The Hall–Kier alpha value is -1.48. The van der Waals surface area contributed by atoms with Gasteiger partial charge >= 0.3 is 6.01 Å². The maximum absolute atomic E-state index is 11.3. The molecule has 1 fully saturated rings. The molecule has 0 radical (unpaired) electrons. The van der Waals surface area contributed by atoms with Crippen molar-refractivity contribution in [2.24, 2.45) is 0 Å². The SMILES string of the molecule is CC.CCOc1nc(=O)ccn1C1OC(CO)[C@H](O)C1(C)O. The molecule has 0 aliphatic carbocycles. The first-order valence-electron chi connectivity index (χ1n) is 7.30. The lowest BCUT2D eigenvalue weighted by atomic mass is 9.96. The van der Waals surface area contributed by atoms with Crippen LogP contribution in [-0.4, -0.2) is 55.9 Å². The molecule has 0 amide bonds. The summed E-state index contributed by atoms with van der Waals surface area (Å²) in [5.74, 6) is 0. The highest BCUT2D eigenvalue weighted by Gasteiger charge is 2.53. The molecular formula is C14H24N2O6. The van der Waals surface area contributed by atoms with Crippen LogP contribution >= 0.6 is 0 Å². The highest BCUT2D eigenvalue weighted by atomic mass is 16.6. The van der Waals surface area contributed by atoms with Crippen LogP contribution in [-0.2, 0) is 4.74 Å². The summed E-state index contributed by atoms with van der Waals surface area (Å²) in [6.07, 6.45) is -1.86. The fourth-order valence-electron chi connectivity index (χ4n) is 2.20. The topological polar surface area (TPSA) is 114 Å². The van der Waals surface area contributed by atoms with Crippen LogP contribution in [0, 0.1) is 0 Å². The van der Waals surface area contributed by atoms with Gasteiger partial charge in [-0.1, -0.05) is 13.8 Å².